The first-order chi connectivity index (χ1) is 13.4. The van der Waals surface area contributed by atoms with Gasteiger partial charge in [0.25, 0.3) is 5.91 Å². The normalized spacial score (nSPS) is 14.1. The molecule has 0 saturated carbocycles. The fourth-order valence-corrected chi connectivity index (χ4v) is 6.33. The molecule has 4 rings (SSSR count). The highest BCUT2D eigenvalue weighted by Crippen LogP contribution is 2.43. The Bertz CT molecular complexity index is 1170. The van der Waals surface area contributed by atoms with Gasteiger partial charge in [-0.1, -0.05) is 28.1 Å². The van der Waals surface area contributed by atoms with Gasteiger partial charge in [0.1, 0.15) is 5.75 Å². The zero-order valence-corrected chi connectivity index (χ0v) is 18.1. The molecular formula is C20H16BrNO4S2. The third kappa shape index (κ3) is 3.59. The minimum atomic E-state index is -3.40. The molecule has 1 aromatic heterocycles. The lowest BCUT2D eigenvalue weighted by Crippen LogP contribution is -2.21. The summed E-state index contributed by atoms with van der Waals surface area (Å²) in [5, 5.41) is 2.89. The molecule has 28 heavy (non-hydrogen) atoms. The Hall–Kier alpha value is -2.16. The van der Waals surface area contributed by atoms with Crippen molar-refractivity contribution in [3.8, 4) is 16.2 Å². The lowest BCUT2D eigenvalue weighted by molar-refractivity contribution is 0.0955. The number of fused-ring (bicyclic) bond motifs is 3. The fraction of sp³-hybridized carbons (Fsp3) is 0.150. The number of carbonyl (C=O) groups is 1. The van der Waals surface area contributed by atoms with Crippen molar-refractivity contribution < 1.29 is 17.9 Å². The van der Waals surface area contributed by atoms with Gasteiger partial charge in [0.15, 0.2) is 9.84 Å². The molecular weight excluding hydrogens is 462 g/mol. The van der Waals surface area contributed by atoms with Crippen molar-refractivity contribution in [2.24, 2.45) is 0 Å². The number of halogens is 1. The molecule has 0 atom stereocenters. The van der Waals surface area contributed by atoms with Gasteiger partial charge in [-0.3, -0.25) is 4.79 Å². The Kier molecular flexibility index (Phi) is 5.03. The summed E-state index contributed by atoms with van der Waals surface area (Å²) in [7, 11) is -1.80. The van der Waals surface area contributed by atoms with Crippen molar-refractivity contribution in [3.05, 3.63) is 69.0 Å². The van der Waals surface area contributed by atoms with Crippen molar-refractivity contribution in [2.45, 2.75) is 17.2 Å². The molecule has 5 nitrogen and oxygen atoms in total. The molecule has 1 aliphatic heterocycles. The van der Waals surface area contributed by atoms with E-state index in [0.717, 1.165) is 20.7 Å². The number of nitrogens with one attached hydrogen (secondary N) is 1. The Balaban J connectivity index is 1.59. The summed E-state index contributed by atoms with van der Waals surface area (Å²) in [6.07, 6.45) is 0. The Labute approximate surface area is 175 Å². The largest absolute Gasteiger partial charge is 0.497 e. The number of methoxy groups -OCH3 is 1. The number of hydrogen-bond acceptors (Lipinski definition) is 5. The van der Waals surface area contributed by atoms with Crippen LogP contribution in [-0.2, 0) is 22.1 Å². The highest BCUT2D eigenvalue weighted by atomic mass is 79.9. The predicted molar refractivity (Wildman–Crippen MR) is 113 cm³/mol. The van der Waals surface area contributed by atoms with Crippen LogP contribution in [0.2, 0.25) is 0 Å². The number of rotatable bonds is 4. The molecule has 144 valence electrons. The predicted octanol–water partition coefficient (Wildman–Crippen LogP) is 4.40. The van der Waals surface area contributed by atoms with Crippen LogP contribution in [-0.4, -0.2) is 21.4 Å². The molecule has 1 N–H and O–H groups in total. The SMILES string of the molecule is COc1ccc(CNC(=O)c2cc3c(s2)-c2cc(Br)ccc2S(=O)(=O)C3)cc1. The van der Waals surface area contributed by atoms with Crippen LogP contribution in [0, 0.1) is 0 Å². The lowest BCUT2D eigenvalue weighted by Gasteiger charge is -2.16. The standard InChI is InChI=1S/C20H16BrNO4S2/c1-26-15-5-2-12(3-6-15)10-22-20(23)17-8-13-11-28(24,25)18-7-4-14(21)9-16(18)19(13)27-17/h2-9H,10-11H2,1H3,(H,22,23). The molecule has 0 radical (unpaired) electrons. The summed E-state index contributed by atoms with van der Waals surface area (Å²) < 4.78 is 31.1. The number of amides is 1. The van der Waals surface area contributed by atoms with E-state index >= 15 is 0 Å². The summed E-state index contributed by atoms with van der Waals surface area (Å²) >= 11 is 4.72. The molecule has 3 aromatic rings. The number of sulfone groups is 1. The number of carbonyl (C=O) groups excluding carboxylic acids is 1. The highest BCUT2D eigenvalue weighted by Gasteiger charge is 2.31. The van der Waals surface area contributed by atoms with Gasteiger partial charge >= 0.3 is 0 Å². The number of hydrogen-bond donors (Lipinski definition) is 1. The second-order valence-electron chi connectivity index (χ2n) is 6.40. The second-order valence-corrected chi connectivity index (χ2v) is 10.3. The maximum Gasteiger partial charge on any atom is 0.261 e. The molecule has 0 saturated heterocycles. The third-order valence-corrected chi connectivity index (χ3v) is 7.93. The first-order valence-corrected chi connectivity index (χ1v) is 11.7. The van der Waals surface area contributed by atoms with E-state index < -0.39 is 9.84 Å². The van der Waals surface area contributed by atoms with E-state index in [9.17, 15) is 13.2 Å². The Morgan fingerprint density at radius 3 is 2.64 bits per heavy atom. The van der Waals surface area contributed by atoms with Crippen molar-refractivity contribution in [1.29, 1.82) is 0 Å². The van der Waals surface area contributed by atoms with Gasteiger partial charge in [-0.2, -0.15) is 0 Å². The van der Waals surface area contributed by atoms with Crippen LogP contribution in [0.15, 0.2) is 57.9 Å². The van der Waals surface area contributed by atoms with Crippen molar-refractivity contribution >= 4 is 43.0 Å². The second kappa shape index (κ2) is 7.35. The van der Waals surface area contributed by atoms with E-state index in [1.54, 1.807) is 31.4 Å². The monoisotopic (exact) mass is 477 g/mol. The van der Waals surface area contributed by atoms with Gasteiger partial charge in [0.05, 0.1) is 22.6 Å². The molecule has 0 fully saturated rings. The Morgan fingerprint density at radius 1 is 1.18 bits per heavy atom. The zero-order valence-electron chi connectivity index (χ0n) is 14.9. The first kappa shape index (κ1) is 19.2. The topological polar surface area (TPSA) is 72.5 Å². The maximum atomic E-state index is 12.6. The van der Waals surface area contributed by atoms with E-state index in [1.165, 1.54) is 11.3 Å². The number of ether oxygens (including phenoxy) is 1. The molecule has 2 heterocycles. The van der Waals surface area contributed by atoms with Crippen LogP contribution in [0.5, 0.6) is 5.75 Å². The van der Waals surface area contributed by atoms with Crippen LogP contribution in [0.1, 0.15) is 20.8 Å². The molecule has 0 unspecified atom stereocenters. The maximum absolute atomic E-state index is 12.6. The quantitative estimate of drug-likeness (QED) is 0.604. The summed E-state index contributed by atoms with van der Waals surface area (Å²) in [4.78, 5) is 14.3. The summed E-state index contributed by atoms with van der Waals surface area (Å²) in [6, 6.07) is 14.3. The minimum Gasteiger partial charge on any atom is -0.497 e. The van der Waals surface area contributed by atoms with Gasteiger partial charge in [-0.25, -0.2) is 8.42 Å². The number of thiophene rings is 1. The molecule has 0 spiro atoms. The highest BCUT2D eigenvalue weighted by molar-refractivity contribution is 9.10. The van der Waals surface area contributed by atoms with Crippen molar-refractivity contribution in [2.75, 3.05) is 7.11 Å². The third-order valence-electron chi connectivity index (χ3n) is 4.51. The van der Waals surface area contributed by atoms with Crippen LogP contribution >= 0.6 is 27.3 Å². The van der Waals surface area contributed by atoms with E-state index in [0.29, 0.717) is 27.4 Å². The van der Waals surface area contributed by atoms with Gasteiger partial charge in [-0.15, -0.1) is 11.3 Å². The Morgan fingerprint density at radius 2 is 1.93 bits per heavy atom. The van der Waals surface area contributed by atoms with E-state index in [2.05, 4.69) is 21.2 Å². The molecule has 1 aliphatic rings. The van der Waals surface area contributed by atoms with Crippen LogP contribution in [0.25, 0.3) is 10.4 Å². The van der Waals surface area contributed by atoms with Gasteiger partial charge in [0, 0.05) is 21.5 Å². The lowest BCUT2D eigenvalue weighted by atomic mass is 10.1. The van der Waals surface area contributed by atoms with Crippen molar-refractivity contribution in [1.82, 2.24) is 5.32 Å². The summed E-state index contributed by atoms with van der Waals surface area (Å²) in [5.74, 6) is 0.454. The van der Waals surface area contributed by atoms with E-state index in [1.807, 2.05) is 24.3 Å². The van der Waals surface area contributed by atoms with Crippen LogP contribution in [0.3, 0.4) is 0 Å². The van der Waals surface area contributed by atoms with Gasteiger partial charge in [-0.05, 0) is 47.5 Å². The number of benzene rings is 2. The van der Waals surface area contributed by atoms with E-state index in [4.69, 9.17) is 4.74 Å². The van der Waals surface area contributed by atoms with Crippen LogP contribution in [0.4, 0.5) is 0 Å². The zero-order chi connectivity index (χ0) is 19.9. The molecule has 0 bridgehead atoms. The molecule has 0 aliphatic carbocycles. The first-order valence-electron chi connectivity index (χ1n) is 8.44. The van der Waals surface area contributed by atoms with E-state index in [-0.39, 0.29) is 11.7 Å². The average Bonchev–Trinajstić information content (AvgIpc) is 3.09. The summed E-state index contributed by atoms with van der Waals surface area (Å²) in [5.41, 5.74) is 2.27. The van der Waals surface area contributed by atoms with Crippen LogP contribution < -0.4 is 10.1 Å². The molecule has 8 heteroatoms. The smallest absolute Gasteiger partial charge is 0.261 e. The minimum absolute atomic E-state index is 0.0841. The van der Waals surface area contributed by atoms with Crippen molar-refractivity contribution in [3.63, 3.8) is 0 Å². The van der Waals surface area contributed by atoms with Gasteiger partial charge < -0.3 is 10.1 Å². The average molecular weight is 478 g/mol. The summed E-state index contributed by atoms with van der Waals surface area (Å²) in [6.45, 7) is 0.381. The fourth-order valence-electron chi connectivity index (χ4n) is 3.12. The molecule has 1 amide bonds. The van der Waals surface area contributed by atoms with Gasteiger partial charge in [0.2, 0.25) is 0 Å². The molecule has 2 aromatic carbocycles.